The van der Waals surface area contributed by atoms with Gasteiger partial charge in [0.1, 0.15) is 0 Å². The largest absolute Gasteiger partial charge is 0.337 e. The first-order chi connectivity index (χ1) is 6.33. The fraction of sp³-hybridized carbons (Fsp3) is 0.909. The number of carbonyl (C=O) groups excluding carboxylic acids is 1. The number of piperidine rings is 1. The van der Waals surface area contributed by atoms with Crippen molar-refractivity contribution in [3.63, 3.8) is 0 Å². The zero-order chi connectivity index (χ0) is 9.26. The summed E-state index contributed by atoms with van der Waals surface area (Å²) in [5, 5.41) is 0. The molecule has 2 fully saturated rings. The number of carbonyl (C=O) groups is 1. The van der Waals surface area contributed by atoms with E-state index in [0.717, 1.165) is 12.8 Å². The van der Waals surface area contributed by atoms with Crippen molar-refractivity contribution in [2.24, 2.45) is 0 Å². The minimum Gasteiger partial charge on any atom is -0.337 e. The molecule has 74 valence electrons. The summed E-state index contributed by atoms with van der Waals surface area (Å²) in [5.74, 6) is 0.412. The highest BCUT2D eigenvalue weighted by Gasteiger charge is 2.38. The van der Waals surface area contributed by atoms with Gasteiger partial charge in [0.25, 0.3) is 0 Å². The molecule has 0 aromatic rings. The van der Waals surface area contributed by atoms with Gasteiger partial charge >= 0.3 is 0 Å². The van der Waals surface area contributed by atoms with Gasteiger partial charge in [-0.15, -0.1) is 0 Å². The van der Waals surface area contributed by atoms with Crippen LogP contribution in [0.15, 0.2) is 0 Å². The summed E-state index contributed by atoms with van der Waals surface area (Å²) in [5.41, 5.74) is 0. The third-order valence-corrected chi connectivity index (χ3v) is 3.45. The van der Waals surface area contributed by atoms with Crippen molar-refractivity contribution in [2.45, 2.75) is 64.0 Å². The number of nitrogens with zero attached hydrogens (tertiary/aromatic N) is 1. The maximum absolute atomic E-state index is 11.8. The van der Waals surface area contributed by atoms with Gasteiger partial charge in [-0.25, -0.2) is 0 Å². The lowest BCUT2D eigenvalue weighted by Crippen LogP contribution is -2.43. The van der Waals surface area contributed by atoms with Crippen molar-refractivity contribution >= 4 is 5.91 Å². The maximum Gasteiger partial charge on any atom is 0.223 e. The predicted molar refractivity (Wildman–Crippen MR) is 52.4 cm³/mol. The fourth-order valence-corrected chi connectivity index (χ4v) is 2.87. The van der Waals surface area contributed by atoms with Crippen LogP contribution in [0.25, 0.3) is 0 Å². The Hall–Kier alpha value is -0.530. The van der Waals surface area contributed by atoms with Gasteiger partial charge in [-0.2, -0.15) is 0 Å². The SMILES string of the molecule is CCCC(=O)N1C2CCCC1CC2. The molecule has 2 atom stereocenters. The first-order valence-electron chi connectivity index (χ1n) is 5.64. The molecule has 0 aromatic heterocycles. The molecule has 2 heteroatoms. The van der Waals surface area contributed by atoms with Gasteiger partial charge in [0.05, 0.1) is 0 Å². The smallest absolute Gasteiger partial charge is 0.223 e. The molecule has 2 rings (SSSR count). The molecule has 0 aliphatic carbocycles. The Morgan fingerprint density at radius 3 is 2.38 bits per heavy atom. The lowest BCUT2D eigenvalue weighted by atomic mass is 10.0. The van der Waals surface area contributed by atoms with E-state index in [1.165, 1.54) is 32.1 Å². The van der Waals surface area contributed by atoms with Crippen LogP contribution in [0.2, 0.25) is 0 Å². The molecule has 2 heterocycles. The van der Waals surface area contributed by atoms with Gasteiger partial charge in [0.15, 0.2) is 0 Å². The number of hydrogen-bond acceptors (Lipinski definition) is 1. The molecule has 2 saturated heterocycles. The molecule has 2 aliphatic rings. The third-order valence-electron chi connectivity index (χ3n) is 3.45. The van der Waals surface area contributed by atoms with Gasteiger partial charge in [-0.1, -0.05) is 6.92 Å². The molecule has 2 nitrogen and oxygen atoms in total. The van der Waals surface area contributed by atoms with Crippen LogP contribution >= 0.6 is 0 Å². The van der Waals surface area contributed by atoms with E-state index in [4.69, 9.17) is 0 Å². The third kappa shape index (κ3) is 1.59. The summed E-state index contributed by atoms with van der Waals surface area (Å²) < 4.78 is 0. The van der Waals surface area contributed by atoms with Crippen LogP contribution in [-0.2, 0) is 4.79 Å². The van der Waals surface area contributed by atoms with Crippen LogP contribution in [0.4, 0.5) is 0 Å². The highest BCUT2D eigenvalue weighted by atomic mass is 16.2. The van der Waals surface area contributed by atoms with Gasteiger partial charge in [-0.3, -0.25) is 4.79 Å². The average Bonchev–Trinajstić information content (AvgIpc) is 2.37. The second kappa shape index (κ2) is 3.69. The summed E-state index contributed by atoms with van der Waals surface area (Å²) in [6.07, 6.45) is 8.13. The Labute approximate surface area is 80.3 Å². The Morgan fingerprint density at radius 1 is 1.23 bits per heavy atom. The van der Waals surface area contributed by atoms with Crippen LogP contribution in [0, 0.1) is 0 Å². The molecular weight excluding hydrogens is 162 g/mol. The maximum atomic E-state index is 11.8. The van der Waals surface area contributed by atoms with E-state index in [1.807, 2.05) is 0 Å². The van der Waals surface area contributed by atoms with Gasteiger partial charge < -0.3 is 4.90 Å². The zero-order valence-electron chi connectivity index (χ0n) is 8.46. The molecule has 2 bridgehead atoms. The fourth-order valence-electron chi connectivity index (χ4n) is 2.87. The van der Waals surface area contributed by atoms with Crippen LogP contribution < -0.4 is 0 Å². The van der Waals surface area contributed by atoms with Crippen LogP contribution in [0.5, 0.6) is 0 Å². The molecule has 0 spiro atoms. The highest BCUT2D eigenvalue weighted by molar-refractivity contribution is 5.77. The quantitative estimate of drug-likeness (QED) is 0.640. The average molecular weight is 181 g/mol. The molecule has 0 aromatic carbocycles. The number of fused-ring (bicyclic) bond motifs is 2. The van der Waals surface area contributed by atoms with E-state index in [1.54, 1.807) is 0 Å². The first-order valence-corrected chi connectivity index (χ1v) is 5.64. The summed E-state index contributed by atoms with van der Waals surface area (Å²) >= 11 is 0. The van der Waals surface area contributed by atoms with Crippen molar-refractivity contribution in [1.82, 2.24) is 4.90 Å². The lowest BCUT2D eigenvalue weighted by molar-refractivity contribution is -0.135. The first kappa shape index (κ1) is 9.04. The van der Waals surface area contributed by atoms with Crippen molar-refractivity contribution < 1.29 is 4.79 Å². The summed E-state index contributed by atoms with van der Waals surface area (Å²) in [6, 6.07) is 1.22. The van der Waals surface area contributed by atoms with E-state index >= 15 is 0 Å². The zero-order valence-corrected chi connectivity index (χ0v) is 8.46. The van der Waals surface area contributed by atoms with Gasteiger partial charge in [0, 0.05) is 18.5 Å². The van der Waals surface area contributed by atoms with E-state index in [9.17, 15) is 4.79 Å². The minimum atomic E-state index is 0.412. The topological polar surface area (TPSA) is 20.3 Å². The second-order valence-electron chi connectivity index (χ2n) is 4.37. The van der Waals surface area contributed by atoms with Gasteiger partial charge in [-0.05, 0) is 38.5 Å². The Kier molecular flexibility index (Phi) is 2.56. The highest BCUT2D eigenvalue weighted by Crippen LogP contribution is 2.35. The van der Waals surface area contributed by atoms with E-state index < -0.39 is 0 Å². The summed E-state index contributed by atoms with van der Waals surface area (Å²) in [7, 11) is 0. The van der Waals surface area contributed by atoms with Crippen LogP contribution in [0.1, 0.15) is 51.9 Å². The van der Waals surface area contributed by atoms with Crippen molar-refractivity contribution in [3.8, 4) is 0 Å². The number of rotatable bonds is 2. The molecule has 13 heavy (non-hydrogen) atoms. The van der Waals surface area contributed by atoms with Crippen molar-refractivity contribution in [3.05, 3.63) is 0 Å². The van der Waals surface area contributed by atoms with Gasteiger partial charge in [0.2, 0.25) is 5.91 Å². The monoisotopic (exact) mass is 181 g/mol. The summed E-state index contributed by atoms with van der Waals surface area (Å²) in [6.45, 7) is 2.09. The number of amides is 1. The molecule has 2 unspecified atom stereocenters. The molecule has 0 saturated carbocycles. The van der Waals surface area contributed by atoms with Crippen molar-refractivity contribution in [1.29, 1.82) is 0 Å². The minimum absolute atomic E-state index is 0.412. The molecule has 0 radical (unpaired) electrons. The predicted octanol–water partition coefficient (Wildman–Crippen LogP) is 2.33. The lowest BCUT2D eigenvalue weighted by Gasteiger charge is -2.34. The molecule has 0 N–H and O–H groups in total. The van der Waals surface area contributed by atoms with Crippen molar-refractivity contribution in [2.75, 3.05) is 0 Å². The Balaban J connectivity index is 2.02. The van der Waals surface area contributed by atoms with Crippen LogP contribution in [-0.4, -0.2) is 22.9 Å². The van der Waals surface area contributed by atoms with E-state index in [2.05, 4.69) is 11.8 Å². The van der Waals surface area contributed by atoms with E-state index in [0.29, 0.717) is 18.0 Å². The standard InChI is InChI=1S/C11H19NO/c1-2-4-11(13)12-9-5-3-6-10(12)8-7-9/h9-10H,2-8H2,1H3. The molecule has 2 aliphatic heterocycles. The molecular formula is C11H19NO. The molecule has 1 amide bonds. The Bertz CT molecular complexity index is 186. The summed E-state index contributed by atoms with van der Waals surface area (Å²) in [4.78, 5) is 14.0. The van der Waals surface area contributed by atoms with E-state index in [-0.39, 0.29) is 0 Å². The van der Waals surface area contributed by atoms with Crippen LogP contribution in [0.3, 0.4) is 0 Å². The Morgan fingerprint density at radius 2 is 1.85 bits per heavy atom. The second-order valence-corrected chi connectivity index (χ2v) is 4.37. The normalized spacial score (nSPS) is 32.2. The number of hydrogen-bond donors (Lipinski definition) is 0.